The number of hydrogen-bond donors (Lipinski definition) is 0. The van der Waals surface area contributed by atoms with Crippen molar-refractivity contribution >= 4 is 17.5 Å². The lowest BCUT2D eigenvalue weighted by molar-refractivity contribution is -0.116. The van der Waals surface area contributed by atoms with E-state index in [-0.39, 0.29) is 16.8 Å². The number of rotatable bonds is 4. The lowest BCUT2D eigenvalue weighted by atomic mass is 9.87. The SMILES string of the molecule is CC(C)(C)CC(=O)/C(C#N)=C\c1ccc(N2CCCCCC2)cc1. The van der Waals surface area contributed by atoms with Crippen molar-refractivity contribution < 1.29 is 4.79 Å². The summed E-state index contributed by atoms with van der Waals surface area (Å²) in [6.45, 7) is 8.26. The lowest BCUT2D eigenvalue weighted by Crippen LogP contribution is -2.23. The van der Waals surface area contributed by atoms with E-state index >= 15 is 0 Å². The van der Waals surface area contributed by atoms with Crippen LogP contribution in [0.1, 0.15) is 58.4 Å². The van der Waals surface area contributed by atoms with Gasteiger partial charge in [-0.25, -0.2) is 0 Å². The Morgan fingerprint density at radius 2 is 1.71 bits per heavy atom. The first kappa shape index (κ1) is 18.3. The summed E-state index contributed by atoms with van der Waals surface area (Å²) in [6.07, 6.45) is 7.24. The molecule has 0 spiro atoms. The number of nitrogens with zero attached hydrogens (tertiary/aromatic N) is 2. The molecular weight excluding hydrogens is 296 g/mol. The minimum absolute atomic E-state index is 0.0819. The predicted molar refractivity (Wildman–Crippen MR) is 99.8 cm³/mol. The monoisotopic (exact) mass is 324 g/mol. The van der Waals surface area contributed by atoms with Crippen LogP contribution in [-0.2, 0) is 4.79 Å². The van der Waals surface area contributed by atoms with Gasteiger partial charge in [-0.1, -0.05) is 45.7 Å². The Balaban J connectivity index is 2.11. The van der Waals surface area contributed by atoms with Crippen molar-refractivity contribution in [2.24, 2.45) is 5.41 Å². The number of Topliss-reactive ketones (excluding diaryl/α,β-unsaturated/α-hetero) is 1. The van der Waals surface area contributed by atoms with Crippen molar-refractivity contribution in [1.29, 1.82) is 5.26 Å². The van der Waals surface area contributed by atoms with Gasteiger partial charge in [0.25, 0.3) is 0 Å². The molecule has 0 amide bonds. The van der Waals surface area contributed by atoms with E-state index in [2.05, 4.69) is 23.1 Å². The van der Waals surface area contributed by atoms with Gasteiger partial charge in [-0.3, -0.25) is 4.79 Å². The minimum Gasteiger partial charge on any atom is -0.372 e. The molecule has 0 atom stereocenters. The maximum Gasteiger partial charge on any atom is 0.173 e. The zero-order chi connectivity index (χ0) is 17.6. The van der Waals surface area contributed by atoms with E-state index in [1.165, 1.54) is 31.4 Å². The largest absolute Gasteiger partial charge is 0.372 e. The second-order valence-electron chi connectivity index (χ2n) is 7.82. The smallest absolute Gasteiger partial charge is 0.173 e. The second kappa shape index (κ2) is 8.15. The highest BCUT2D eigenvalue weighted by atomic mass is 16.1. The Morgan fingerprint density at radius 3 is 2.21 bits per heavy atom. The molecule has 1 aromatic carbocycles. The highest BCUT2D eigenvalue weighted by Gasteiger charge is 2.19. The summed E-state index contributed by atoms with van der Waals surface area (Å²) in [7, 11) is 0. The van der Waals surface area contributed by atoms with Gasteiger partial charge in [0.05, 0.1) is 5.57 Å². The number of anilines is 1. The fourth-order valence-corrected chi connectivity index (χ4v) is 3.03. The van der Waals surface area contributed by atoms with E-state index < -0.39 is 0 Å². The quantitative estimate of drug-likeness (QED) is 0.579. The van der Waals surface area contributed by atoms with Crippen LogP contribution in [-0.4, -0.2) is 18.9 Å². The van der Waals surface area contributed by atoms with E-state index in [1.807, 2.05) is 32.9 Å². The van der Waals surface area contributed by atoms with Crippen molar-refractivity contribution in [2.75, 3.05) is 18.0 Å². The number of hydrogen-bond acceptors (Lipinski definition) is 3. The summed E-state index contributed by atoms with van der Waals surface area (Å²) < 4.78 is 0. The van der Waals surface area contributed by atoms with Gasteiger partial charge >= 0.3 is 0 Å². The lowest BCUT2D eigenvalue weighted by Gasteiger charge is -2.22. The summed E-state index contributed by atoms with van der Waals surface area (Å²) in [5.41, 5.74) is 2.28. The van der Waals surface area contributed by atoms with Gasteiger partial charge in [-0.05, 0) is 42.0 Å². The number of nitriles is 1. The standard InChI is InChI=1S/C21H28N2O/c1-21(2,3)15-20(24)18(16-22)14-17-8-10-19(11-9-17)23-12-6-4-5-7-13-23/h8-11,14H,4-7,12-13,15H2,1-3H3/b18-14-. The zero-order valence-corrected chi connectivity index (χ0v) is 15.1. The third kappa shape index (κ3) is 5.53. The average molecular weight is 324 g/mol. The Hall–Kier alpha value is -2.08. The van der Waals surface area contributed by atoms with Crippen LogP contribution in [0.2, 0.25) is 0 Å². The normalized spacial score (nSPS) is 16.4. The topological polar surface area (TPSA) is 44.1 Å². The molecule has 1 aromatic rings. The highest BCUT2D eigenvalue weighted by molar-refractivity contribution is 6.03. The van der Waals surface area contributed by atoms with Crippen LogP contribution in [0.15, 0.2) is 29.8 Å². The first-order chi connectivity index (χ1) is 11.4. The summed E-state index contributed by atoms with van der Waals surface area (Å²) in [5, 5.41) is 9.30. The molecule has 3 nitrogen and oxygen atoms in total. The van der Waals surface area contributed by atoms with E-state index in [4.69, 9.17) is 0 Å². The van der Waals surface area contributed by atoms with E-state index in [0.717, 1.165) is 18.7 Å². The fraction of sp³-hybridized carbons (Fsp3) is 0.524. The van der Waals surface area contributed by atoms with Gasteiger partial charge in [0.1, 0.15) is 6.07 Å². The number of carbonyl (C=O) groups is 1. The van der Waals surface area contributed by atoms with Crippen LogP contribution in [0.3, 0.4) is 0 Å². The van der Waals surface area contributed by atoms with Gasteiger partial charge in [0.2, 0.25) is 0 Å². The number of benzene rings is 1. The van der Waals surface area contributed by atoms with Gasteiger partial charge in [0, 0.05) is 25.2 Å². The Bertz CT molecular complexity index is 621. The minimum atomic E-state index is -0.107. The molecule has 0 aromatic heterocycles. The van der Waals surface area contributed by atoms with Crippen molar-refractivity contribution in [3.63, 3.8) is 0 Å². The molecule has 0 aliphatic carbocycles. The Morgan fingerprint density at radius 1 is 1.12 bits per heavy atom. The molecule has 2 rings (SSSR count). The number of allylic oxidation sites excluding steroid dienone is 1. The third-order valence-electron chi connectivity index (χ3n) is 4.29. The molecule has 0 N–H and O–H groups in total. The summed E-state index contributed by atoms with van der Waals surface area (Å²) >= 11 is 0. The van der Waals surface area contributed by atoms with Crippen LogP contribution in [0, 0.1) is 16.7 Å². The predicted octanol–water partition coefficient (Wildman–Crippen LogP) is 4.98. The van der Waals surface area contributed by atoms with E-state index in [9.17, 15) is 10.1 Å². The number of carbonyl (C=O) groups excluding carboxylic acids is 1. The summed E-state index contributed by atoms with van der Waals surface area (Å²) in [5.74, 6) is -0.0819. The van der Waals surface area contributed by atoms with Gasteiger partial charge in [0.15, 0.2) is 5.78 Å². The second-order valence-corrected chi connectivity index (χ2v) is 7.82. The van der Waals surface area contributed by atoms with E-state index in [1.54, 1.807) is 6.08 Å². The van der Waals surface area contributed by atoms with Gasteiger partial charge < -0.3 is 4.90 Å². The number of ketones is 1. The van der Waals surface area contributed by atoms with E-state index in [0.29, 0.717) is 6.42 Å². The van der Waals surface area contributed by atoms with Crippen LogP contribution in [0.5, 0.6) is 0 Å². The molecule has 1 saturated heterocycles. The molecule has 1 heterocycles. The molecule has 3 heteroatoms. The molecule has 128 valence electrons. The maximum atomic E-state index is 12.2. The van der Waals surface area contributed by atoms with Crippen molar-refractivity contribution in [1.82, 2.24) is 0 Å². The molecule has 1 aliphatic heterocycles. The first-order valence-corrected chi connectivity index (χ1v) is 8.89. The molecule has 0 saturated carbocycles. The first-order valence-electron chi connectivity index (χ1n) is 8.89. The van der Waals surface area contributed by atoms with Gasteiger partial charge in [-0.2, -0.15) is 5.26 Å². The maximum absolute atomic E-state index is 12.2. The molecule has 0 bridgehead atoms. The Kier molecular flexibility index (Phi) is 6.20. The fourth-order valence-electron chi connectivity index (χ4n) is 3.03. The van der Waals surface area contributed by atoms with Crippen LogP contribution in [0.4, 0.5) is 5.69 Å². The zero-order valence-electron chi connectivity index (χ0n) is 15.1. The summed E-state index contributed by atoms with van der Waals surface area (Å²) in [4.78, 5) is 14.7. The molecule has 1 aliphatic rings. The third-order valence-corrected chi connectivity index (χ3v) is 4.29. The van der Waals surface area contributed by atoms with Crippen LogP contribution >= 0.6 is 0 Å². The molecule has 24 heavy (non-hydrogen) atoms. The van der Waals surface area contributed by atoms with Gasteiger partial charge in [-0.15, -0.1) is 0 Å². The summed E-state index contributed by atoms with van der Waals surface area (Å²) in [6, 6.07) is 10.3. The molecule has 0 unspecified atom stereocenters. The van der Waals surface area contributed by atoms with Crippen LogP contribution in [0.25, 0.3) is 6.08 Å². The molecule has 1 fully saturated rings. The average Bonchev–Trinajstić information content (AvgIpc) is 2.80. The molecular formula is C21H28N2O. The Labute approximate surface area is 146 Å². The van der Waals surface area contributed by atoms with Crippen LogP contribution < -0.4 is 4.90 Å². The van der Waals surface area contributed by atoms with Crippen molar-refractivity contribution in [3.8, 4) is 6.07 Å². The van der Waals surface area contributed by atoms with Crippen molar-refractivity contribution in [2.45, 2.75) is 52.9 Å². The molecule has 0 radical (unpaired) electrons. The highest BCUT2D eigenvalue weighted by Crippen LogP contribution is 2.23. The van der Waals surface area contributed by atoms with Crippen molar-refractivity contribution in [3.05, 3.63) is 35.4 Å².